The molecule has 0 saturated carbocycles. The van der Waals surface area contributed by atoms with Gasteiger partial charge < -0.3 is 14.9 Å². The largest absolute Gasteiger partial charge is 0.388 e. The Morgan fingerprint density at radius 2 is 2.00 bits per heavy atom. The predicted octanol–water partition coefficient (Wildman–Crippen LogP) is 0.658. The third-order valence-corrected chi connectivity index (χ3v) is 4.67. The Labute approximate surface area is 136 Å². The van der Waals surface area contributed by atoms with Gasteiger partial charge in [-0.2, -0.15) is 0 Å². The van der Waals surface area contributed by atoms with Crippen LogP contribution in [0.3, 0.4) is 0 Å². The highest BCUT2D eigenvalue weighted by Crippen LogP contribution is 2.18. The summed E-state index contributed by atoms with van der Waals surface area (Å²) in [5.74, 6) is -0.0896. The molecule has 1 amide bonds. The van der Waals surface area contributed by atoms with Crippen LogP contribution < -0.4 is 4.90 Å². The summed E-state index contributed by atoms with van der Waals surface area (Å²) in [6.07, 6.45) is -2.34. The molecule has 2 fully saturated rings. The molecular weight excluding hydrogens is 297 g/mol. The number of β-amino-alcohol motifs (C(OH)–C–C–N with tert-alkyl or cyclic N) is 1. The van der Waals surface area contributed by atoms with Crippen molar-refractivity contribution in [2.75, 3.05) is 50.7 Å². The lowest BCUT2D eigenvalue weighted by atomic mass is 10.2. The monoisotopic (exact) mass is 321 g/mol. The molecule has 6 heteroatoms. The first-order chi connectivity index (χ1) is 11.0. The molecule has 2 saturated heterocycles. The standard InChI is InChI=1S/C17H24FN3O2/c1-13-3-2-4-14(9-13)20-7-5-19(6-8-20)12-17(23)21-10-15(18)16(22)11-21/h2-4,9,15-16,22H,5-8,10-12H2,1H3/t15-,16-/m1/s1. The van der Waals surface area contributed by atoms with Crippen molar-refractivity contribution in [3.8, 4) is 0 Å². The molecule has 0 bridgehead atoms. The molecule has 2 atom stereocenters. The molecule has 1 aromatic rings. The second kappa shape index (κ2) is 6.84. The van der Waals surface area contributed by atoms with Gasteiger partial charge in [0.1, 0.15) is 12.3 Å². The van der Waals surface area contributed by atoms with Crippen molar-refractivity contribution >= 4 is 11.6 Å². The number of nitrogens with zero attached hydrogens (tertiary/aromatic N) is 3. The van der Waals surface area contributed by atoms with Crippen LogP contribution in [0.25, 0.3) is 0 Å². The van der Waals surface area contributed by atoms with Crippen molar-refractivity contribution in [3.63, 3.8) is 0 Å². The molecule has 0 spiro atoms. The number of carbonyl (C=O) groups is 1. The molecule has 2 aliphatic heterocycles. The minimum atomic E-state index is -1.31. The van der Waals surface area contributed by atoms with E-state index in [-0.39, 0.29) is 19.0 Å². The van der Waals surface area contributed by atoms with Crippen molar-refractivity contribution in [1.29, 1.82) is 0 Å². The molecule has 0 aliphatic carbocycles. The van der Waals surface area contributed by atoms with E-state index in [0.717, 1.165) is 26.2 Å². The average Bonchev–Trinajstić information content (AvgIpc) is 2.88. The molecule has 0 radical (unpaired) electrons. The van der Waals surface area contributed by atoms with E-state index >= 15 is 0 Å². The molecular formula is C17H24FN3O2. The highest BCUT2D eigenvalue weighted by molar-refractivity contribution is 5.78. The zero-order valence-corrected chi connectivity index (χ0v) is 13.5. The molecule has 1 N–H and O–H groups in total. The lowest BCUT2D eigenvalue weighted by molar-refractivity contribution is -0.131. The number of halogens is 1. The molecule has 2 aliphatic rings. The summed E-state index contributed by atoms with van der Waals surface area (Å²) >= 11 is 0. The van der Waals surface area contributed by atoms with E-state index in [2.05, 4.69) is 41.0 Å². The van der Waals surface area contributed by atoms with Crippen LogP contribution in [-0.4, -0.2) is 78.9 Å². The number of piperazine rings is 1. The van der Waals surface area contributed by atoms with Gasteiger partial charge in [-0.1, -0.05) is 12.1 Å². The van der Waals surface area contributed by atoms with Crippen molar-refractivity contribution in [3.05, 3.63) is 29.8 Å². The first-order valence-electron chi connectivity index (χ1n) is 8.17. The molecule has 1 aromatic carbocycles. The minimum Gasteiger partial charge on any atom is -0.388 e. The van der Waals surface area contributed by atoms with Crippen molar-refractivity contribution < 1.29 is 14.3 Å². The van der Waals surface area contributed by atoms with Gasteiger partial charge in [0, 0.05) is 38.4 Å². The number of alkyl halides is 1. The summed E-state index contributed by atoms with van der Waals surface area (Å²) in [4.78, 5) is 18.1. The Morgan fingerprint density at radius 3 is 2.61 bits per heavy atom. The number of anilines is 1. The Balaban J connectivity index is 1.49. The third-order valence-electron chi connectivity index (χ3n) is 4.67. The van der Waals surface area contributed by atoms with E-state index < -0.39 is 12.3 Å². The Hall–Kier alpha value is -1.66. The van der Waals surface area contributed by atoms with Crippen LogP contribution in [0.1, 0.15) is 5.56 Å². The summed E-state index contributed by atoms with van der Waals surface area (Å²) in [6.45, 7) is 5.91. The Bertz CT molecular complexity index is 551. The fourth-order valence-electron chi connectivity index (χ4n) is 3.23. The number of aliphatic hydroxyl groups excluding tert-OH is 1. The van der Waals surface area contributed by atoms with E-state index in [0.29, 0.717) is 6.54 Å². The second-order valence-corrected chi connectivity index (χ2v) is 6.48. The maximum atomic E-state index is 13.3. The van der Waals surface area contributed by atoms with Gasteiger partial charge in [-0.05, 0) is 24.6 Å². The van der Waals surface area contributed by atoms with Gasteiger partial charge in [-0.3, -0.25) is 9.69 Å². The zero-order valence-electron chi connectivity index (χ0n) is 13.5. The molecule has 3 rings (SSSR count). The van der Waals surface area contributed by atoms with E-state index in [9.17, 15) is 14.3 Å². The third kappa shape index (κ3) is 3.82. The predicted molar refractivity (Wildman–Crippen MR) is 87.3 cm³/mol. The SMILES string of the molecule is Cc1cccc(N2CCN(CC(=O)N3C[C@@H](O)[C@H](F)C3)CC2)c1. The quantitative estimate of drug-likeness (QED) is 0.888. The van der Waals surface area contributed by atoms with Crippen LogP contribution in [-0.2, 0) is 4.79 Å². The van der Waals surface area contributed by atoms with Crippen LogP contribution in [0.2, 0.25) is 0 Å². The number of carbonyl (C=O) groups excluding carboxylic acids is 1. The number of aliphatic hydroxyl groups is 1. The van der Waals surface area contributed by atoms with Crippen molar-refractivity contribution in [2.24, 2.45) is 0 Å². The van der Waals surface area contributed by atoms with Gasteiger partial charge in [-0.15, -0.1) is 0 Å². The van der Waals surface area contributed by atoms with Crippen LogP contribution in [0.5, 0.6) is 0 Å². The van der Waals surface area contributed by atoms with Crippen LogP contribution in [0.15, 0.2) is 24.3 Å². The smallest absolute Gasteiger partial charge is 0.236 e. The first kappa shape index (κ1) is 16.2. The topological polar surface area (TPSA) is 47.0 Å². The molecule has 0 aromatic heterocycles. The molecule has 0 unspecified atom stereocenters. The molecule has 23 heavy (non-hydrogen) atoms. The molecule has 5 nitrogen and oxygen atoms in total. The number of rotatable bonds is 3. The average molecular weight is 321 g/mol. The number of hydrogen-bond acceptors (Lipinski definition) is 4. The van der Waals surface area contributed by atoms with E-state index in [1.54, 1.807) is 0 Å². The van der Waals surface area contributed by atoms with Gasteiger partial charge in [-0.25, -0.2) is 4.39 Å². The lowest BCUT2D eigenvalue weighted by Gasteiger charge is -2.36. The van der Waals surface area contributed by atoms with Gasteiger partial charge in [0.2, 0.25) is 5.91 Å². The van der Waals surface area contributed by atoms with Gasteiger partial charge in [0.25, 0.3) is 0 Å². The minimum absolute atomic E-state index is 0.0171. The number of likely N-dealkylation sites (tertiary alicyclic amines) is 1. The van der Waals surface area contributed by atoms with Crippen LogP contribution >= 0.6 is 0 Å². The Morgan fingerprint density at radius 1 is 1.26 bits per heavy atom. The summed E-state index contributed by atoms with van der Waals surface area (Å²) < 4.78 is 13.3. The highest BCUT2D eigenvalue weighted by atomic mass is 19.1. The van der Waals surface area contributed by atoms with Gasteiger partial charge >= 0.3 is 0 Å². The Kier molecular flexibility index (Phi) is 4.82. The van der Waals surface area contributed by atoms with E-state index in [1.807, 2.05) is 0 Å². The fourth-order valence-corrected chi connectivity index (χ4v) is 3.23. The van der Waals surface area contributed by atoms with Gasteiger partial charge in [0.05, 0.1) is 13.1 Å². The van der Waals surface area contributed by atoms with Crippen LogP contribution in [0, 0.1) is 6.92 Å². The highest BCUT2D eigenvalue weighted by Gasteiger charge is 2.34. The summed E-state index contributed by atoms with van der Waals surface area (Å²) in [6, 6.07) is 8.43. The maximum Gasteiger partial charge on any atom is 0.236 e. The lowest BCUT2D eigenvalue weighted by Crippen LogP contribution is -2.50. The molecule has 2 heterocycles. The summed E-state index contributed by atoms with van der Waals surface area (Å²) in [5, 5.41) is 9.42. The molecule has 126 valence electrons. The normalized spacial score (nSPS) is 25.9. The number of benzene rings is 1. The van der Waals surface area contributed by atoms with Crippen molar-refractivity contribution in [1.82, 2.24) is 9.80 Å². The van der Waals surface area contributed by atoms with E-state index in [4.69, 9.17) is 0 Å². The second-order valence-electron chi connectivity index (χ2n) is 6.48. The first-order valence-corrected chi connectivity index (χ1v) is 8.17. The summed E-state index contributed by atoms with van der Waals surface area (Å²) in [5.41, 5.74) is 2.47. The maximum absolute atomic E-state index is 13.3. The van der Waals surface area contributed by atoms with E-state index in [1.165, 1.54) is 16.2 Å². The van der Waals surface area contributed by atoms with Gasteiger partial charge in [0.15, 0.2) is 0 Å². The fraction of sp³-hybridized carbons (Fsp3) is 0.588. The summed E-state index contributed by atoms with van der Waals surface area (Å²) in [7, 11) is 0. The number of amides is 1. The zero-order chi connectivity index (χ0) is 16.4. The van der Waals surface area contributed by atoms with Crippen LogP contribution in [0.4, 0.5) is 10.1 Å². The van der Waals surface area contributed by atoms with Crippen molar-refractivity contribution in [2.45, 2.75) is 19.2 Å². The number of hydrogen-bond donors (Lipinski definition) is 1. The number of aryl methyl sites for hydroxylation is 1.